The first-order valence-corrected chi connectivity index (χ1v) is 12.0. The van der Waals surface area contributed by atoms with Gasteiger partial charge in [-0.2, -0.15) is 0 Å². The summed E-state index contributed by atoms with van der Waals surface area (Å²) < 4.78 is 30.2. The Bertz CT molecular complexity index is 896. The summed E-state index contributed by atoms with van der Waals surface area (Å²) in [6, 6.07) is 9.27. The van der Waals surface area contributed by atoms with Gasteiger partial charge in [0.1, 0.15) is 9.96 Å². The van der Waals surface area contributed by atoms with Crippen LogP contribution in [-0.2, 0) is 16.3 Å². The maximum absolute atomic E-state index is 12.2. The Labute approximate surface area is 176 Å². The zero-order valence-corrected chi connectivity index (χ0v) is 18.6. The summed E-state index contributed by atoms with van der Waals surface area (Å²) in [5, 5.41) is 18.2. The summed E-state index contributed by atoms with van der Waals surface area (Å²) in [5.74, 6) is 1.02. The van der Waals surface area contributed by atoms with Crippen molar-refractivity contribution in [2.45, 2.75) is 30.6 Å². The van der Waals surface area contributed by atoms with E-state index in [0.717, 1.165) is 34.6 Å². The normalized spacial score (nSPS) is 13.2. The van der Waals surface area contributed by atoms with E-state index in [9.17, 15) is 13.5 Å². The van der Waals surface area contributed by atoms with Crippen molar-refractivity contribution < 1.29 is 18.3 Å². The monoisotopic (exact) mass is 439 g/mol. The number of rotatable bonds is 10. The van der Waals surface area contributed by atoms with Crippen molar-refractivity contribution in [1.82, 2.24) is 10.6 Å². The highest BCUT2D eigenvalue weighted by molar-refractivity contribution is 7.93. The van der Waals surface area contributed by atoms with Crippen LogP contribution in [0.5, 0.6) is 5.75 Å². The SMILES string of the molecule is CCNC(=NCC(O)CS(=O)(=O)c1cccs1)NCCc1cc(C)ccc1OC. The molecule has 29 heavy (non-hydrogen) atoms. The Balaban J connectivity index is 1.91. The van der Waals surface area contributed by atoms with Gasteiger partial charge in [0.15, 0.2) is 15.8 Å². The maximum Gasteiger partial charge on any atom is 0.191 e. The zero-order valence-electron chi connectivity index (χ0n) is 17.0. The van der Waals surface area contributed by atoms with E-state index in [2.05, 4.69) is 21.7 Å². The van der Waals surface area contributed by atoms with E-state index in [-0.39, 0.29) is 16.5 Å². The third-order valence-electron chi connectivity index (χ3n) is 4.14. The molecule has 0 fully saturated rings. The Morgan fingerprint density at radius 1 is 1.31 bits per heavy atom. The van der Waals surface area contributed by atoms with Crippen LogP contribution in [0.3, 0.4) is 0 Å². The van der Waals surface area contributed by atoms with Crippen LogP contribution in [0, 0.1) is 6.92 Å². The number of aliphatic hydroxyl groups excluding tert-OH is 1. The summed E-state index contributed by atoms with van der Waals surface area (Å²) in [6.07, 6.45) is -0.334. The number of thiophene rings is 1. The van der Waals surface area contributed by atoms with Crippen LogP contribution in [0.2, 0.25) is 0 Å². The van der Waals surface area contributed by atoms with Gasteiger partial charge in [0.2, 0.25) is 0 Å². The predicted octanol–water partition coefficient (Wildman–Crippen LogP) is 2.00. The van der Waals surface area contributed by atoms with Crippen molar-refractivity contribution in [2.75, 3.05) is 32.5 Å². The second-order valence-electron chi connectivity index (χ2n) is 6.58. The van der Waals surface area contributed by atoms with E-state index in [1.165, 1.54) is 0 Å². The highest BCUT2D eigenvalue weighted by Crippen LogP contribution is 2.20. The van der Waals surface area contributed by atoms with Crippen LogP contribution < -0.4 is 15.4 Å². The molecule has 1 atom stereocenters. The van der Waals surface area contributed by atoms with Gasteiger partial charge in [-0.25, -0.2) is 8.42 Å². The van der Waals surface area contributed by atoms with Crippen molar-refractivity contribution in [3.05, 3.63) is 46.8 Å². The lowest BCUT2D eigenvalue weighted by atomic mass is 10.1. The van der Waals surface area contributed by atoms with Crippen LogP contribution in [-0.4, -0.2) is 58.1 Å². The van der Waals surface area contributed by atoms with E-state index in [1.54, 1.807) is 24.6 Å². The molecule has 0 aliphatic heterocycles. The van der Waals surface area contributed by atoms with Crippen LogP contribution >= 0.6 is 11.3 Å². The van der Waals surface area contributed by atoms with Crippen LogP contribution in [0.25, 0.3) is 0 Å². The van der Waals surface area contributed by atoms with Gasteiger partial charge in [-0.05, 0) is 43.3 Å². The van der Waals surface area contributed by atoms with Gasteiger partial charge < -0.3 is 20.5 Å². The Hall–Kier alpha value is -2.10. The molecule has 0 saturated heterocycles. The fraction of sp³-hybridized carbons (Fsp3) is 0.450. The number of guanidine groups is 1. The number of aliphatic hydroxyl groups is 1. The van der Waals surface area contributed by atoms with Gasteiger partial charge in [0.05, 0.1) is 25.5 Å². The molecule has 0 bridgehead atoms. The molecule has 1 aromatic carbocycles. The molecule has 0 aliphatic rings. The van der Waals surface area contributed by atoms with E-state index in [1.807, 2.05) is 26.0 Å². The molecule has 1 aromatic heterocycles. The van der Waals surface area contributed by atoms with Crippen molar-refractivity contribution in [3.63, 3.8) is 0 Å². The van der Waals surface area contributed by atoms with Gasteiger partial charge in [-0.15, -0.1) is 11.3 Å². The Morgan fingerprint density at radius 2 is 2.10 bits per heavy atom. The van der Waals surface area contributed by atoms with E-state index in [0.29, 0.717) is 19.0 Å². The fourth-order valence-corrected chi connectivity index (χ4v) is 5.25. The number of sulfone groups is 1. The number of ether oxygens (including phenoxy) is 1. The molecule has 0 radical (unpaired) electrons. The first-order chi connectivity index (χ1) is 13.9. The highest BCUT2D eigenvalue weighted by atomic mass is 32.2. The third-order valence-corrected chi connectivity index (χ3v) is 7.43. The first-order valence-electron chi connectivity index (χ1n) is 9.45. The Kier molecular flexibility index (Phi) is 8.94. The first kappa shape index (κ1) is 23.2. The average molecular weight is 440 g/mol. The minimum Gasteiger partial charge on any atom is -0.496 e. The van der Waals surface area contributed by atoms with Crippen molar-refractivity contribution in [3.8, 4) is 5.75 Å². The van der Waals surface area contributed by atoms with Crippen molar-refractivity contribution >= 4 is 27.1 Å². The minimum absolute atomic E-state index is 0.00625. The molecule has 160 valence electrons. The summed E-state index contributed by atoms with van der Waals surface area (Å²) in [5.41, 5.74) is 2.26. The molecule has 7 nitrogen and oxygen atoms in total. The number of aliphatic imine (C=N–C) groups is 1. The smallest absolute Gasteiger partial charge is 0.191 e. The zero-order chi connectivity index (χ0) is 21.3. The van der Waals surface area contributed by atoms with Crippen molar-refractivity contribution in [1.29, 1.82) is 0 Å². The topological polar surface area (TPSA) is 100 Å². The number of nitrogens with one attached hydrogen (secondary N) is 2. The second kappa shape index (κ2) is 11.2. The predicted molar refractivity (Wildman–Crippen MR) is 118 cm³/mol. The molecule has 2 aromatic rings. The molecule has 1 unspecified atom stereocenters. The largest absolute Gasteiger partial charge is 0.496 e. The third kappa shape index (κ3) is 7.34. The van der Waals surface area contributed by atoms with Crippen molar-refractivity contribution in [2.24, 2.45) is 4.99 Å². The molecule has 1 heterocycles. The molecule has 0 spiro atoms. The number of aryl methyl sites for hydroxylation is 1. The van der Waals surface area contributed by atoms with E-state index < -0.39 is 15.9 Å². The average Bonchev–Trinajstić information content (AvgIpc) is 3.22. The summed E-state index contributed by atoms with van der Waals surface area (Å²) in [7, 11) is -1.85. The number of hydrogen-bond donors (Lipinski definition) is 3. The van der Waals surface area contributed by atoms with Crippen LogP contribution in [0.4, 0.5) is 0 Å². The Morgan fingerprint density at radius 3 is 2.76 bits per heavy atom. The number of benzene rings is 1. The molecular formula is C20H29N3O4S2. The molecule has 0 amide bonds. The lowest BCUT2D eigenvalue weighted by Crippen LogP contribution is -2.39. The fourth-order valence-electron chi connectivity index (χ4n) is 2.79. The van der Waals surface area contributed by atoms with Gasteiger partial charge in [-0.1, -0.05) is 23.8 Å². The van der Waals surface area contributed by atoms with E-state index in [4.69, 9.17) is 4.74 Å². The number of methoxy groups -OCH3 is 1. The van der Waals surface area contributed by atoms with Gasteiger partial charge in [-0.3, -0.25) is 4.99 Å². The number of hydrogen-bond acceptors (Lipinski definition) is 6. The summed E-state index contributed by atoms with van der Waals surface area (Å²) in [6.45, 7) is 5.25. The highest BCUT2D eigenvalue weighted by Gasteiger charge is 2.20. The van der Waals surface area contributed by atoms with Gasteiger partial charge >= 0.3 is 0 Å². The minimum atomic E-state index is -3.50. The molecule has 0 aliphatic carbocycles. The second-order valence-corrected chi connectivity index (χ2v) is 9.79. The lowest BCUT2D eigenvalue weighted by molar-refractivity contribution is 0.206. The standard InChI is InChI=1S/C20H29N3O4S2/c1-4-21-20(22-10-9-16-12-15(2)7-8-18(16)27-3)23-13-17(24)14-29(25,26)19-6-5-11-28-19/h5-8,11-12,17,24H,4,9-10,13-14H2,1-3H3,(H2,21,22,23). The van der Waals surface area contributed by atoms with Crippen LogP contribution in [0.15, 0.2) is 44.9 Å². The lowest BCUT2D eigenvalue weighted by Gasteiger charge is -2.14. The molecule has 2 rings (SSSR count). The quantitative estimate of drug-likeness (QED) is 0.387. The summed E-state index contributed by atoms with van der Waals surface area (Å²) in [4.78, 5) is 4.32. The van der Waals surface area contributed by atoms with E-state index >= 15 is 0 Å². The molecule has 3 N–H and O–H groups in total. The van der Waals surface area contributed by atoms with Gasteiger partial charge in [0.25, 0.3) is 0 Å². The maximum atomic E-state index is 12.2. The summed E-state index contributed by atoms with van der Waals surface area (Å²) >= 11 is 1.15. The van der Waals surface area contributed by atoms with Gasteiger partial charge in [0, 0.05) is 13.1 Å². The number of nitrogens with zero attached hydrogens (tertiary/aromatic N) is 1. The molecular weight excluding hydrogens is 410 g/mol. The van der Waals surface area contributed by atoms with Crippen LogP contribution in [0.1, 0.15) is 18.1 Å². The molecule has 0 saturated carbocycles. The molecule has 9 heteroatoms.